The van der Waals surface area contributed by atoms with Crippen LogP contribution in [0, 0.1) is 0 Å². The van der Waals surface area contributed by atoms with Gasteiger partial charge < -0.3 is 9.80 Å². The molecule has 2 aromatic carbocycles. The zero-order valence-electron chi connectivity index (χ0n) is 15.3. The second-order valence-electron chi connectivity index (χ2n) is 6.60. The van der Waals surface area contributed by atoms with Crippen molar-refractivity contribution >= 4 is 23.6 Å². The first-order valence-electron chi connectivity index (χ1n) is 8.95. The molecular weight excluding hydrogens is 324 g/mol. The van der Waals surface area contributed by atoms with Gasteiger partial charge in [0.1, 0.15) is 0 Å². The molecule has 4 nitrogen and oxygen atoms in total. The maximum atomic E-state index is 12.9. The van der Waals surface area contributed by atoms with E-state index in [9.17, 15) is 9.59 Å². The predicted molar refractivity (Wildman–Crippen MR) is 105 cm³/mol. The summed E-state index contributed by atoms with van der Waals surface area (Å²) < 4.78 is 0. The van der Waals surface area contributed by atoms with E-state index in [4.69, 9.17) is 0 Å². The van der Waals surface area contributed by atoms with Gasteiger partial charge in [0.2, 0.25) is 5.91 Å². The highest BCUT2D eigenvalue weighted by molar-refractivity contribution is 5.96. The molecule has 3 rings (SSSR count). The SMILES string of the molecule is CC(=O)N(C)c1ccc(C(=O)N2CCCC2/C=C/c2ccccc2)cc1. The fraction of sp³-hybridized carbons (Fsp3) is 0.273. The minimum Gasteiger partial charge on any atom is -0.332 e. The molecule has 1 aliphatic heterocycles. The van der Waals surface area contributed by atoms with Gasteiger partial charge in [0.05, 0.1) is 6.04 Å². The number of hydrogen-bond acceptors (Lipinski definition) is 2. The largest absolute Gasteiger partial charge is 0.332 e. The summed E-state index contributed by atoms with van der Waals surface area (Å²) >= 11 is 0. The van der Waals surface area contributed by atoms with Gasteiger partial charge in [0, 0.05) is 31.8 Å². The number of likely N-dealkylation sites (tertiary alicyclic amines) is 1. The van der Waals surface area contributed by atoms with Crippen LogP contribution in [0.4, 0.5) is 5.69 Å². The molecule has 0 spiro atoms. The molecule has 0 radical (unpaired) electrons. The Balaban J connectivity index is 1.72. The van der Waals surface area contributed by atoms with Crippen molar-refractivity contribution in [2.45, 2.75) is 25.8 Å². The van der Waals surface area contributed by atoms with Gasteiger partial charge in [-0.3, -0.25) is 9.59 Å². The molecule has 2 aromatic rings. The Hall–Kier alpha value is -2.88. The van der Waals surface area contributed by atoms with Crippen LogP contribution in [0.25, 0.3) is 6.08 Å². The molecule has 1 fully saturated rings. The number of carbonyl (C=O) groups is 2. The van der Waals surface area contributed by atoms with Crippen molar-refractivity contribution in [1.82, 2.24) is 4.90 Å². The molecule has 0 aliphatic carbocycles. The first kappa shape index (κ1) is 17.9. The number of rotatable bonds is 4. The molecule has 1 saturated heterocycles. The molecule has 0 aromatic heterocycles. The number of hydrogen-bond donors (Lipinski definition) is 0. The Bertz CT molecular complexity index is 797. The highest BCUT2D eigenvalue weighted by Crippen LogP contribution is 2.23. The Labute approximate surface area is 154 Å². The maximum absolute atomic E-state index is 12.9. The Morgan fingerprint density at radius 1 is 1.08 bits per heavy atom. The summed E-state index contributed by atoms with van der Waals surface area (Å²) in [6.07, 6.45) is 6.21. The third kappa shape index (κ3) is 4.02. The van der Waals surface area contributed by atoms with Crippen LogP contribution in [-0.2, 0) is 4.79 Å². The topological polar surface area (TPSA) is 40.6 Å². The maximum Gasteiger partial charge on any atom is 0.254 e. The van der Waals surface area contributed by atoms with Gasteiger partial charge in [0.15, 0.2) is 0 Å². The quantitative estimate of drug-likeness (QED) is 0.838. The van der Waals surface area contributed by atoms with Crippen LogP contribution in [0.3, 0.4) is 0 Å². The summed E-state index contributed by atoms with van der Waals surface area (Å²) in [7, 11) is 1.73. The van der Waals surface area contributed by atoms with Crippen LogP contribution in [-0.4, -0.2) is 36.3 Å². The summed E-state index contributed by atoms with van der Waals surface area (Å²) in [5.41, 5.74) is 2.59. The van der Waals surface area contributed by atoms with E-state index >= 15 is 0 Å². The number of benzene rings is 2. The lowest BCUT2D eigenvalue weighted by Gasteiger charge is -2.23. The summed E-state index contributed by atoms with van der Waals surface area (Å²) in [4.78, 5) is 27.8. The van der Waals surface area contributed by atoms with Crippen molar-refractivity contribution in [2.75, 3.05) is 18.5 Å². The second-order valence-corrected chi connectivity index (χ2v) is 6.60. The molecule has 4 heteroatoms. The monoisotopic (exact) mass is 348 g/mol. The standard InChI is InChI=1S/C22H24N2O2/c1-17(25)23(2)20-14-11-19(12-15-20)22(26)24-16-6-9-21(24)13-10-18-7-4-3-5-8-18/h3-5,7-8,10-15,21H,6,9,16H2,1-2H3/b13-10+. The third-order valence-corrected chi connectivity index (χ3v) is 4.84. The van der Waals surface area contributed by atoms with E-state index in [2.05, 4.69) is 24.3 Å². The molecule has 1 atom stereocenters. The summed E-state index contributed by atoms with van der Waals surface area (Å²) in [6, 6.07) is 17.5. The zero-order chi connectivity index (χ0) is 18.5. The molecule has 26 heavy (non-hydrogen) atoms. The first-order valence-corrected chi connectivity index (χ1v) is 8.95. The van der Waals surface area contributed by atoms with Crippen LogP contribution >= 0.6 is 0 Å². The number of anilines is 1. The highest BCUT2D eigenvalue weighted by Gasteiger charge is 2.27. The van der Waals surface area contributed by atoms with E-state index in [0.29, 0.717) is 5.56 Å². The number of carbonyl (C=O) groups excluding carboxylic acids is 2. The Morgan fingerprint density at radius 3 is 2.42 bits per heavy atom. The van der Waals surface area contributed by atoms with Crippen LogP contribution in [0.2, 0.25) is 0 Å². The fourth-order valence-corrected chi connectivity index (χ4v) is 3.21. The summed E-state index contributed by atoms with van der Waals surface area (Å²) in [5.74, 6) is 0.0111. The highest BCUT2D eigenvalue weighted by atomic mass is 16.2. The summed E-state index contributed by atoms with van der Waals surface area (Å²) in [5, 5.41) is 0. The van der Waals surface area contributed by atoms with Gasteiger partial charge in [-0.15, -0.1) is 0 Å². The minimum absolute atomic E-state index is 0.0327. The predicted octanol–water partition coefficient (Wildman–Crippen LogP) is 3.99. The molecule has 0 bridgehead atoms. The van der Waals surface area contributed by atoms with Gasteiger partial charge in [0.25, 0.3) is 5.91 Å². The minimum atomic E-state index is -0.0327. The third-order valence-electron chi connectivity index (χ3n) is 4.84. The van der Waals surface area contributed by atoms with Crippen LogP contribution < -0.4 is 4.90 Å². The van der Waals surface area contributed by atoms with Crippen molar-refractivity contribution in [3.63, 3.8) is 0 Å². The Morgan fingerprint density at radius 2 is 1.77 bits per heavy atom. The average molecular weight is 348 g/mol. The molecule has 1 aliphatic rings. The second kappa shape index (κ2) is 8.00. The first-order chi connectivity index (χ1) is 12.6. The van der Waals surface area contributed by atoms with Crippen molar-refractivity contribution in [3.8, 4) is 0 Å². The van der Waals surface area contributed by atoms with Gasteiger partial charge >= 0.3 is 0 Å². The van der Waals surface area contributed by atoms with Crippen LogP contribution in [0.1, 0.15) is 35.7 Å². The van der Waals surface area contributed by atoms with Crippen molar-refractivity contribution < 1.29 is 9.59 Å². The van der Waals surface area contributed by atoms with E-state index in [-0.39, 0.29) is 17.9 Å². The average Bonchev–Trinajstić information content (AvgIpc) is 3.14. The van der Waals surface area contributed by atoms with Gasteiger partial charge in [-0.05, 0) is 42.7 Å². The van der Waals surface area contributed by atoms with Crippen molar-refractivity contribution in [3.05, 3.63) is 71.8 Å². The van der Waals surface area contributed by atoms with E-state index < -0.39 is 0 Å². The van der Waals surface area contributed by atoms with Crippen molar-refractivity contribution in [2.24, 2.45) is 0 Å². The normalized spacial score (nSPS) is 16.8. The number of amides is 2. The molecule has 2 amide bonds. The Kier molecular flexibility index (Phi) is 5.52. The smallest absolute Gasteiger partial charge is 0.254 e. The molecular formula is C22H24N2O2. The zero-order valence-corrected chi connectivity index (χ0v) is 15.3. The van der Waals surface area contributed by atoms with E-state index in [1.54, 1.807) is 24.1 Å². The molecule has 0 saturated carbocycles. The molecule has 1 heterocycles. The van der Waals surface area contributed by atoms with Gasteiger partial charge in [-0.25, -0.2) is 0 Å². The van der Waals surface area contributed by atoms with E-state index in [1.165, 1.54) is 6.92 Å². The fourth-order valence-electron chi connectivity index (χ4n) is 3.21. The lowest BCUT2D eigenvalue weighted by atomic mass is 10.1. The van der Waals surface area contributed by atoms with Crippen LogP contribution in [0.15, 0.2) is 60.7 Å². The molecule has 134 valence electrons. The molecule has 0 N–H and O–H groups in total. The van der Waals surface area contributed by atoms with Crippen LogP contribution in [0.5, 0.6) is 0 Å². The van der Waals surface area contributed by atoms with E-state index in [1.807, 2.05) is 35.2 Å². The summed E-state index contributed by atoms with van der Waals surface area (Å²) in [6.45, 7) is 2.30. The van der Waals surface area contributed by atoms with E-state index in [0.717, 1.165) is 30.6 Å². The lowest BCUT2D eigenvalue weighted by molar-refractivity contribution is -0.116. The van der Waals surface area contributed by atoms with Gasteiger partial charge in [-0.2, -0.15) is 0 Å². The lowest BCUT2D eigenvalue weighted by Crippen LogP contribution is -2.34. The van der Waals surface area contributed by atoms with Crippen molar-refractivity contribution in [1.29, 1.82) is 0 Å². The molecule has 1 unspecified atom stereocenters. The van der Waals surface area contributed by atoms with Gasteiger partial charge in [-0.1, -0.05) is 42.5 Å². The number of nitrogens with zero attached hydrogens (tertiary/aromatic N) is 2.